The largest absolute Gasteiger partial charge is 0.417 e. The number of hydrogen-bond donors (Lipinski definition) is 2. The van der Waals surface area contributed by atoms with Gasteiger partial charge in [-0.3, -0.25) is 14.4 Å². The summed E-state index contributed by atoms with van der Waals surface area (Å²) < 4.78 is 38.0. The lowest BCUT2D eigenvalue weighted by Gasteiger charge is -2.16. The van der Waals surface area contributed by atoms with E-state index in [1.165, 1.54) is 0 Å². The number of carbonyl (C=O) groups is 2. The van der Waals surface area contributed by atoms with Crippen molar-refractivity contribution in [2.45, 2.75) is 25.4 Å². The second-order valence-corrected chi connectivity index (χ2v) is 6.26. The Morgan fingerprint density at radius 1 is 1.33 bits per heavy atom. The average Bonchev–Trinajstić information content (AvgIpc) is 3.23. The lowest BCUT2D eigenvalue weighted by atomic mass is 10.1. The molecule has 2 heterocycles. The fourth-order valence-corrected chi connectivity index (χ4v) is 2.71. The summed E-state index contributed by atoms with van der Waals surface area (Å²) in [5, 5.41) is 2.21. The van der Waals surface area contributed by atoms with E-state index in [4.69, 9.17) is 0 Å². The van der Waals surface area contributed by atoms with Gasteiger partial charge in [0.2, 0.25) is 11.8 Å². The minimum Gasteiger partial charge on any atom is -0.342 e. The number of nitrogens with one attached hydrogen (secondary N) is 2. The van der Waals surface area contributed by atoms with Crippen LogP contribution in [0, 0.1) is 11.8 Å². The maximum Gasteiger partial charge on any atom is 0.417 e. The number of carbonyl (C=O) groups excluding carboxylic acids is 2. The standard InChI is InChI=1S/C15H16F3N3O3/c16-15(17,18)10-4-11(14(24)19-5-10)20-13(23)9-3-12(22)21(7-9)6-8-1-2-8/h4-5,8-9H,1-3,6-7H2,(H,19,24)(H,20,23)/t9-/m1/s1. The maximum atomic E-state index is 12.7. The summed E-state index contributed by atoms with van der Waals surface area (Å²) in [5.41, 5.74) is -2.35. The smallest absolute Gasteiger partial charge is 0.342 e. The number of likely N-dealkylation sites (tertiary alicyclic amines) is 1. The van der Waals surface area contributed by atoms with Crippen LogP contribution in [0.5, 0.6) is 0 Å². The van der Waals surface area contributed by atoms with Gasteiger partial charge in [0, 0.05) is 25.7 Å². The third-order valence-corrected chi connectivity index (χ3v) is 4.25. The van der Waals surface area contributed by atoms with Crippen LogP contribution < -0.4 is 10.9 Å². The van der Waals surface area contributed by atoms with Crippen LogP contribution in [-0.4, -0.2) is 34.8 Å². The number of nitrogens with zero attached hydrogens (tertiary/aromatic N) is 1. The minimum absolute atomic E-state index is 0.00934. The van der Waals surface area contributed by atoms with Crippen LogP contribution in [-0.2, 0) is 15.8 Å². The summed E-state index contributed by atoms with van der Waals surface area (Å²) in [5.74, 6) is -0.932. The van der Waals surface area contributed by atoms with E-state index in [-0.39, 0.29) is 18.9 Å². The van der Waals surface area contributed by atoms with Crippen molar-refractivity contribution < 1.29 is 22.8 Å². The molecular formula is C15H16F3N3O3. The van der Waals surface area contributed by atoms with Crippen LogP contribution in [0.1, 0.15) is 24.8 Å². The van der Waals surface area contributed by atoms with Crippen LogP contribution in [0.15, 0.2) is 17.1 Å². The van der Waals surface area contributed by atoms with E-state index in [0.29, 0.717) is 24.7 Å². The van der Waals surface area contributed by atoms with E-state index in [2.05, 4.69) is 5.32 Å². The van der Waals surface area contributed by atoms with Crippen molar-refractivity contribution in [3.05, 3.63) is 28.2 Å². The molecule has 2 amide bonds. The molecular weight excluding hydrogens is 327 g/mol. The van der Waals surface area contributed by atoms with E-state index >= 15 is 0 Å². The topological polar surface area (TPSA) is 82.3 Å². The molecule has 1 aromatic rings. The number of hydrogen-bond acceptors (Lipinski definition) is 3. The third-order valence-electron chi connectivity index (χ3n) is 4.25. The number of alkyl halides is 3. The molecule has 0 bridgehead atoms. The van der Waals surface area contributed by atoms with Crippen LogP contribution in [0.25, 0.3) is 0 Å². The number of amides is 2. The first-order valence-electron chi connectivity index (χ1n) is 7.62. The van der Waals surface area contributed by atoms with Gasteiger partial charge in [-0.05, 0) is 24.8 Å². The number of anilines is 1. The second-order valence-electron chi connectivity index (χ2n) is 6.26. The number of aromatic amines is 1. The number of rotatable bonds is 4. The fourth-order valence-electron chi connectivity index (χ4n) is 2.71. The molecule has 1 aliphatic heterocycles. The molecule has 2 fully saturated rings. The third kappa shape index (κ3) is 3.60. The first kappa shape index (κ1) is 16.5. The average molecular weight is 343 g/mol. The highest BCUT2D eigenvalue weighted by molar-refractivity contribution is 5.97. The molecule has 1 aromatic heterocycles. The molecule has 1 atom stereocenters. The molecule has 24 heavy (non-hydrogen) atoms. The number of halogens is 3. The van der Waals surface area contributed by atoms with Crippen LogP contribution in [0.3, 0.4) is 0 Å². The summed E-state index contributed by atoms with van der Waals surface area (Å²) in [4.78, 5) is 39.3. The van der Waals surface area contributed by atoms with Gasteiger partial charge in [0.25, 0.3) is 5.56 Å². The van der Waals surface area contributed by atoms with Crippen molar-refractivity contribution in [2.75, 3.05) is 18.4 Å². The van der Waals surface area contributed by atoms with E-state index in [0.717, 1.165) is 12.8 Å². The van der Waals surface area contributed by atoms with Crippen molar-refractivity contribution in [1.82, 2.24) is 9.88 Å². The number of aromatic nitrogens is 1. The maximum absolute atomic E-state index is 12.7. The molecule has 9 heteroatoms. The zero-order chi connectivity index (χ0) is 17.5. The van der Waals surface area contributed by atoms with E-state index in [9.17, 15) is 27.6 Å². The Labute approximate surface area is 135 Å². The van der Waals surface area contributed by atoms with E-state index in [1.807, 2.05) is 4.98 Å². The van der Waals surface area contributed by atoms with Gasteiger partial charge in [0.15, 0.2) is 0 Å². The quantitative estimate of drug-likeness (QED) is 0.871. The van der Waals surface area contributed by atoms with Gasteiger partial charge in [0.1, 0.15) is 5.69 Å². The predicted octanol–water partition coefficient (Wildman–Crippen LogP) is 1.59. The highest BCUT2D eigenvalue weighted by Gasteiger charge is 2.37. The van der Waals surface area contributed by atoms with Gasteiger partial charge in [-0.25, -0.2) is 0 Å². The molecule has 2 aliphatic rings. The SMILES string of the molecule is O=C(Nc1cc(C(F)(F)F)c[nH]c1=O)[C@@H]1CC(=O)N(CC2CC2)C1. The van der Waals surface area contributed by atoms with Gasteiger partial charge >= 0.3 is 6.18 Å². The first-order chi connectivity index (χ1) is 11.2. The van der Waals surface area contributed by atoms with Gasteiger partial charge < -0.3 is 15.2 Å². The van der Waals surface area contributed by atoms with Crippen LogP contribution in [0.4, 0.5) is 18.9 Å². The zero-order valence-electron chi connectivity index (χ0n) is 12.7. The highest BCUT2D eigenvalue weighted by atomic mass is 19.4. The summed E-state index contributed by atoms with van der Waals surface area (Å²) in [6.07, 6.45) is -1.93. The molecule has 0 aromatic carbocycles. The molecule has 3 rings (SSSR count). The van der Waals surface area contributed by atoms with E-state index < -0.39 is 34.8 Å². The Morgan fingerprint density at radius 3 is 2.67 bits per heavy atom. The Balaban J connectivity index is 1.68. The minimum atomic E-state index is -4.63. The van der Waals surface area contributed by atoms with Crippen molar-refractivity contribution >= 4 is 17.5 Å². The zero-order valence-corrected chi connectivity index (χ0v) is 12.7. The first-order valence-corrected chi connectivity index (χ1v) is 7.62. The highest BCUT2D eigenvalue weighted by Crippen LogP contribution is 2.32. The van der Waals surface area contributed by atoms with Crippen molar-refractivity contribution in [3.63, 3.8) is 0 Å². The molecule has 0 spiro atoms. The van der Waals surface area contributed by atoms with Crippen LogP contribution in [0.2, 0.25) is 0 Å². The molecule has 2 N–H and O–H groups in total. The van der Waals surface area contributed by atoms with E-state index in [1.54, 1.807) is 4.90 Å². The summed E-state index contributed by atoms with van der Waals surface area (Å²) in [6, 6.07) is 0.593. The second kappa shape index (κ2) is 5.95. The Bertz CT molecular complexity index is 725. The summed E-state index contributed by atoms with van der Waals surface area (Å²) in [7, 11) is 0. The van der Waals surface area contributed by atoms with Gasteiger partial charge in [-0.2, -0.15) is 13.2 Å². The Kier molecular flexibility index (Phi) is 4.10. The molecule has 6 nitrogen and oxygen atoms in total. The van der Waals surface area contributed by atoms with Crippen molar-refractivity contribution in [3.8, 4) is 0 Å². The monoisotopic (exact) mass is 343 g/mol. The number of H-pyrrole nitrogens is 1. The Morgan fingerprint density at radius 2 is 2.04 bits per heavy atom. The molecule has 130 valence electrons. The predicted molar refractivity (Wildman–Crippen MR) is 78.1 cm³/mol. The van der Waals surface area contributed by atoms with Crippen molar-refractivity contribution in [1.29, 1.82) is 0 Å². The summed E-state index contributed by atoms with van der Waals surface area (Å²) >= 11 is 0. The summed E-state index contributed by atoms with van der Waals surface area (Å²) in [6.45, 7) is 0.852. The van der Waals surface area contributed by atoms with Crippen LogP contribution >= 0.6 is 0 Å². The molecule has 0 unspecified atom stereocenters. The lowest BCUT2D eigenvalue weighted by Crippen LogP contribution is -2.31. The molecule has 1 aliphatic carbocycles. The number of pyridine rings is 1. The molecule has 1 saturated heterocycles. The molecule has 0 radical (unpaired) electrons. The fraction of sp³-hybridized carbons (Fsp3) is 0.533. The van der Waals surface area contributed by atoms with Gasteiger partial charge in [-0.1, -0.05) is 0 Å². The van der Waals surface area contributed by atoms with Gasteiger partial charge in [0.05, 0.1) is 11.5 Å². The lowest BCUT2D eigenvalue weighted by molar-refractivity contribution is -0.137. The van der Waals surface area contributed by atoms with Gasteiger partial charge in [-0.15, -0.1) is 0 Å². The van der Waals surface area contributed by atoms with Crippen molar-refractivity contribution in [2.24, 2.45) is 11.8 Å². The molecule has 1 saturated carbocycles. The normalized spacial score (nSPS) is 21.2. The Hall–Kier alpha value is -2.32.